The van der Waals surface area contributed by atoms with Crippen LogP contribution in [0.25, 0.3) is 0 Å². The highest BCUT2D eigenvalue weighted by Crippen LogP contribution is 2.36. The first kappa shape index (κ1) is 16.5. The molecule has 0 bridgehead atoms. The lowest BCUT2D eigenvalue weighted by Gasteiger charge is -2.25. The van der Waals surface area contributed by atoms with E-state index in [0.717, 1.165) is 6.42 Å². The van der Waals surface area contributed by atoms with Crippen LogP contribution in [0.15, 0.2) is 24.3 Å². The Bertz CT molecular complexity index is 398. The number of rotatable bonds is 2. The van der Waals surface area contributed by atoms with Gasteiger partial charge in [0, 0.05) is 12.3 Å². The van der Waals surface area contributed by atoms with E-state index in [1.807, 2.05) is 34.6 Å². The van der Waals surface area contributed by atoms with E-state index in [1.54, 1.807) is 0 Å². The fourth-order valence-corrected chi connectivity index (χ4v) is 2.88. The van der Waals surface area contributed by atoms with E-state index in [-0.39, 0.29) is 10.9 Å². The van der Waals surface area contributed by atoms with Crippen molar-refractivity contribution in [2.75, 3.05) is 0 Å². The Hall–Kier alpha value is -0.510. The average molecular weight is 282 g/mol. The van der Waals surface area contributed by atoms with Gasteiger partial charge in [-0.2, -0.15) is 4.18 Å². The van der Waals surface area contributed by atoms with Gasteiger partial charge in [0.1, 0.15) is 17.6 Å². The van der Waals surface area contributed by atoms with Gasteiger partial charge in [0.05, 0.1) is 0 Å². The largest absolute Gasteiger partial charge is 0.585 e. The third kappa shape index (κ3) is 3.98. The van der Waals surface area contributed by atoms with Crippen molar-refractivity contribution in [1.82, 2.24) is 0 Å². The summed E-state index contributed by atoms with van der Waals surface area (Å²) in [5, 5.41) is 0. The molecule has 0 N–H and O–H groups in total. The van der Waals surface area contributed by atoms with E-state index in [0.29, 0.717) is 5.92 Å². The van der Waals surface area contributed by atoms with Crippen LogP contribution in [-0.2, 0) is 22.1 Å². The first-order chi connectivity index (χ1) is 8.89. The summed E-state index contributed by atoms with van der Waals surface area (Å²) in [5.41, 5.74) is 2.67. The second-order valence-corrected chi connectivity index (χ2v) is 7.56. The molecule has 0 saturated carbocycles. The van der Waals surface area contributed by atoms with Gasteiger partial charge in [0.15, 0.2) is 4.75 Å². The van der Waals surface area contributed by atoms with Gasteiger partial charge >= 0.3 is 0 Å². The lowest BCUT2D eigenvalue weighted by molar-refractivity contribution is 0.190. The molecular formula is C16H26O2S. The average Bonchev–Trinajstić information content (AvgIpc) is 2.68. The normalized spacial score (nSPS) is 23.3. The molecule has 0 radical (unpaired) electrons. The minimum atomic E-state index is -1.24. The molecule has 0 spiro atoms. The van der Waals surface area contributed by atoms with Crippen LogP contribution in [-0.4, -0.2) is 15.4 Å². The van der Waals surface area contributed by atoms with Crippen molar-refractivity contribution in [2.24, 2.45) is 0 Å². The summed E-state index contributed by atoms with van der Waals surface area (Å²) in [5.74, 6) is 0.331. The van der Waals surface area contributed by atoms with Crippen LogP contribution in [0, 0.1) is 0 Å². The topological polar surface area (TPSA) is 32.3 Å². The molecule has 3 atom stereocenters. The molecule has 2 rings (SSSR count). The van der Waals surface area contributed by atoms with Crippen LogP contribution in [0.4, 0.5) is 0 Å². The molecular weight excluding hydrogens is 256 g/mol. The quantitative estimate of drug-likeness (QED) is 0.761. The minimum Gasteiger partial charge on any atom is -0.585 e. The third-order valence-electron chi connectivity index (χ3n) is 3.24. The number of fused-ring (bicyclic) bond motifs is 1. The molecule has 1 aliphatic carbocycles. The summed E-state index contributed by atoms with van der Waals surface area (Å²) in [6.07, 6.45) is 0.923. The van der Waals surface area contributed by atoms with Gasteiger partial charge in [0.2, 0.25) is 0 Å². The molecule has 0 amide bonds. The Kier molecular flexibility index (Phi) is 5.90. The Labute approximate surface area is 120 Å². The van der Waals surface area contributed by atoms with Crippen LogP contribution in [0.5, 0.6) is 0 Å². The maximum atomic E-state index is 12.0. The monoisotopic (exact) mass is 282 g/mol. The second-order valence-electron chi connectivity index (χ2n) is 5.67. The molecule has 3 heteroatoms. The fourth-order valence-electron chi connectivity index (χ4n) is 2.13. The summed E-state index contributed by atoms with van der Waals surface area (Å²) < 4.78 is 17.4. The molecule has 3 unspecified atom stereocenters. The fraction of sp³-hybridized carbons (Fsp3) is 0.625. The highest BCUT2D eigenvalue weighted by atomic mass is 32.2. The molecule has 1 aliphatic rings. The summed E-state index contributed by atoms with van der Waals surface area (Å²) in [4.78, 5) is 0. The Morgan fingerprint density at radius 2 is 1.79 bits per heavy atom. The predicted octanol–water partition coefficient (Wildman–Crippen LogP) is 4.22. The standard InChI is InChI=1S/C14H20O2S.C2H6/c1-10-12-8-6-5-7-11(12)9-13(10)16-17(15)14(2,3)4;1-2/h5-8,10,13H,9H2,1-4H3;1-2H3. The summed E-state index contributed by atoms with van der Waals surface area (Å²) in [6.45, 7) is 12.0. The molecule has 0 saturated heterocycles. The number of hydrogen-bond acceptors (Lipinski definition) is 2. The molecule has 2 nitrogen and oxygen atoms in total. The van der Waals surface area contributed by atoms with Gasteiger partial charge in [-0.15, -0.1) is 0 Å². The smallest absolute Gasteiger partial charge is 0.150 e. The second kappa shape index (κ2) is 6.78. The van der Waals surface area contributed by atoms with Crippen molar-refractivity contribution in [3.8, 4) is 0 Å². The zero-order valence-corrected chi connectivity index (χ0v) is 13.7. The zero-order valence-electron chi connectivity index (χ0n) is 12.9. The zero-order chi connectivity index (χ0) is 14.6. The van der Waals surface area contributed by atoms with Gasteiger partial charge in [0.25, 0.3) is 0 Å². The van der Waals surface area contributed by atoms with Gasteiger partial charge in [-0.3, -0.25) is 0 Å². The summed E-state index contributed by atoms with van der Waals surface area (Å²) >= 11 is -1.24. The van der Waals surface area contributed by atoms with Crippen molar-refractivity contribution >= 4 is 11.5 Å². The number of benzene rings is 1. The van der Waals surface area contributed by atoms with Crippen molar-refractivity contribution < 1.29 is 8.74 Å². The molecule has 0 heterocycles. The minimum absolute atomic E-state index is 0.0486. The maximum absolute atomic E-state index is 12.0. The van der Waals surface area contributed by atoms with E-state index >= 15 is 0 Å². The van der Waals surface area contributed by atoms with E-state index in [4.69, 9.17) is 4.18 Å². The Morgan fingerprint density at radius 3 is 2.32 bits per heavy atom. The van der Waals surface area contributed by atoms with Gasteiger partial charge in [-0.25, -0.2) is 0 Å². The Balaban J connectivity index is 0.000000861. The molecule has 0 aliphatic heterocycles. The summed E-state index contributed by atoms with van der Waals surface area (Å²) in [6, 6.07) is 8.38. The SMILES string of the molecule is CC.CC1c2ccccc2CC1O[S+]([O-])C(C)(C)C. The summed E-state index contributed by atoms with van der Waals surface area (Å²) in [7, 11) is 0. The van der Waals surface area contributed by atoms with Crippen LogP contribution in [0.1, 0.15) is 58.6 Å². The van der Waals surface area contributed by atoms with Gasteiger partial charge in [-0.1, -0.05) is 45.0 Å². The van der Waals surface area contributed by atoms with Crippen molar-refractivity contribution in [3.63, 3.8) is 0 Å². The maximum Gasteiger partial charge on any atom is 0.150 e. The molecule has 108 valence electrons. The van der Waals surface area contributed by atoms with E-state index in [9.17, 15) is 4.55 Å². The van der Waals surface area contributed by atoms with Crippen LogP contribution < -0.4 is 0 Å². The first-order valence-electron chi connectivity index (χ1n) is 7.06. The molecule has 0 aromatic heterocycles. The van der Waals surface area contributed by atoms with E-state index in [1.165, 1.54) is 11.1 Å². The number of hydrogen-bond donors (Lipinski definition) is 0. The molecule has 1 aromatic rings. The van der Waals surface area contributed by atoms with E-state index in [2.05, 4.69) is 31.2 Å². The lowest BCUT2D eigenvalue weighted by atomic mass is 10.0. The highest BCUT2D eigenvalue weighted by Gasteiger charge is 2.37. The van der Waals surface area contributed by atoms with Gasteiger partial charge < -0.3 is 4.55 Å². The predicted molar refractivity (Wildman–Crippen MR) is 82.7 cm³/mol. The van der Waals surface area contributed by atoms with E-state index < -0.39 is 11.5 Å². The van der Waals surface area contributed by atoms with Crippen molar-refractivity contribution in [3.05, 3.63) is 35.4 Å². The van der Waals surface area contributed by atoms with Crippen molar-refractivity contribution in [2.45, 2.75) is 64.7 Å². The van der Waals surface area contributed by atoms with Crippen LogP contribution in [0.3, 0.4) is 0 Å². The third-order valence-corrected chi connectivity index (χ3v) is 4.66. The molecule has 1 aromatic carbocycles. The van der Waals surface area contributed by atoms with Crippen molar-refractivity contribution in [1.29, 1.82) is 0 Å². The first-order valence-corrected chi connectivity index (χ1v) is 8.14. The molecule has 0 fully saturated rings. The molecule has 19 heavy (non-hydrogen) atoms. The highest BCUT2D eigenvalue weighted by molar-refractivity contribution is 7.88. The van der Waals surface area contributed by atoms with Crippen LogP contribution >= 0.6 is 0 Å². The van der Waals surface area contributed by atoms with Gasteiger partial charge in [-0.05, 0) is 31.9 Å². The Morgan fingerprint density at radius 1 is 1.21 bits per heavy atom. The van der Waals surface area contributed by atoms with Crippen LogP contribution in [0.2, 0.25) is 0 Å². The lowest BCUT2D eigenvalue weighted by Crippen LogP contribution is -2.34.